The molecule has 366 valence electrons. The second-order valence-electron chi connectivity index (χ2n) is 19.9. The van der Waals surface area contributed by atoms with E-state index in [1.165, 1.54) is 4.90 Å². The van der Waals surface area contributed by atoms with Crippen molar-refractivity contribution in [3.05, 3.63) is 47.6 Å². The zero-order valence-corrected chi connectivity index (χ0v) is 40.9. The molecule has 2 bridgehead atoms. The number of allylic oxidation sites excluding steroid dienone is 6. The van der Waals surface area contributed by atoms with Crippen LogP contribution in [0.3, 0.4) is 0 Å². The van der Waals surface area contributed by atoms with Crippen LogP contribution < -0.4 is 0 Å². The topological polar surface area (TPSA) is 186 Å². The number of hydrogen-bond acceptors (Lipinski definition) is 12. The molecule has 13 heteroatoms. The fourth-order valence-electron chi connectivity index (χ4n) is 10.5. The van der Waals surface area contributed by atoms with E-state index in [2.05, 4.69) is 0 Å². The van der Waals surface area contributed by atoms with Gasteiger partial charge in [-0.05, 0) is 113 Å². The maximum atomic E-state index is 14.4. The maximum Gasteiger partial charge on any atom is 0.329 e. The first kappa shape index (κ1) is 54.3. The minimum absolute atomic E-state index is 0.0332. The minimum Gasteiger partial charge on any atom is -0.460 e. The standard InChI is InChI=1S/C52H81NO12/c1-11-40-47(56)35(6)25-31(2)17-13-12-14-18-32(3)44(62-9)29-39-22-20-37(8)52(61,65-39)49(58)50(59)53-24-16-15-19-41(53)51(60)64-45(30-43(55)33(4)26-36(7)48(40)57)34(5)27-38-21-23-42(54)46(28-38)63-10/h12-14,17-18,26,31,33-35,37-42,44-46,48,54,57,61H,11,15-16,19-25,27-30H2,1-10H3/b14-12+,17-13+,32-18+,36-26+/t31-,33-,34-,35?,37?,38?,39+,40?,41?,42-,44+,45+,46?,48-,52?/m1/s1. The van der Waals surface area contributed by atoms with Gasteiger partial charge in [0.2, 0.25) is 5.79 Å². The van der Waals surface area contributed by atoms with Crippen LogP contribution in [0.25, 0.3) is 0 Å². The molecule has 3 heterocycles. The van der Waals surface area contributed by atoms with Gasteiger partial charge in [-0.1, -0.05) is 78.0 Å². The van der Waals surface area contributed by atoms with E-state index in [1.807, 2.05) is 65.0 Å². The second-order valence-corrected chi connectivity index (χ2v) is 19.9. The Kier molecular flexibility index (Phi) is 21.0. The molecule has 0 aromatic carbocycles. The molecule has 7 unspecified atom stereocenters. The van der Waals surface area contributed by atoms with Gasteiger partial charge in [0.15, 0.2) is 0 Å². The summed E-state index contributed by atoms with van der Waals surface area (Å²) in [6.45, 7) is 14.9. The molecule has 65 heavy (non-hydrogen) atoms. The third kappa shape index (κ3) is 14.3. The average Bonchev–Trinajstić information content (AvgIpc) is 3.28. The van der Waals surface area contributed by atoms with Crippen molar-refractivity contribution < 1.29 is 58.2 Å². The van der Waals surface area contributed by atoms with E-state index in [4.69, 9.17) is 18.9 Å². The predicted octanol–water partition coefficient (Wildman–Crippen LogP) is 7.19. The third-order valence-corrected chi connectivity index (χ3v) is 14.8. The summed E-state index contributed by atoms with van der Waals surface area (Å²) in [7, 11) is 3.16. The van der Waals surface area contributed by atoms with Gasteiger partial charge in [-0.2, -0.15) is 0 Å². The Labute approximate surface area is 388 Å². The van der Waals surface area contributed by atoms with Crippen molar-refractivity contribution in [1.29, 1.82) is 0 Å². The van der Waals surface area contributed by atoms with Crippen LogP contribution in [0, 0.1) is 41.4 Å². The normalized spacial score (nSPS) is 40.4. The summed E-state index contributed by atoms with van der Waals surface area (Å²) in [5.74, 6) is -8.03. The van der Waals surface area contributed by atoms with E-state index in [0.29, 0.717) is 69.8 Å². The number of nitrogens with zero attached hydrogens (tertiary/aromatic N) is 1. The number of ketones is 3. The highest BCUT2D eigenvalue weighted by atomic mass is 16.6. The van der Waals surface area contributed by atoms with Crippen molar-refractivity contribution in [1.82, 2.24) is 4.90 Å². The lowest BCUT2D eigenvalue weighted by Gasteiger charge is -2.42. The van der Waals surface area contributed by atoms with Crippen molar-refractivity contribution >= 4 is 29.2 Å². The number of amides is 1. The fourth-order valence-corrected chi connectivity index (χ4v) is 10.5. The number of aliphatic hydroxyl groups is 3. The molecule has 0 radical (unpaired) electrons. The van der Waals surface area contributed by atoms with Gasteiger partial charge in [-0.3, -0.25) is 19.2 Å². The molecule has 0 aromatic heterocycles. The number of methoxy groups -OCH3 is 2. The Morgan fingerprint density at radius 2 is 1.60 bits per heavy atom. The number of cyclic esters (lactones) is 1. The van der Waals surface area contributed by atoms with Gasteiger partial charge in [-0.25, -0.2) is 4.79 Å². The summed E-state index contributed by atoms with van der Waals surface area (Å²) < 4.78 is 23.8. The lowest BCUT2D eigenvalue weighted by Crippen LogP contribution is -2.61. The quantitative estimate of drug-likeness (QED) is 0.139. The summed E-state index contributed by atoms with van der Waals surface area (Å²) in [5, 5.41) is 34.0. The molecule has 15 atom stereocenters. The van der Waals surface area contributed by atoms with Crippen LogP contribution in [-0.4, -0.2) is 119 Å². The fraction of sp³-hybridized carbons (Fsp3) is 0.750. The van der Waals surface area contributed by atoms with Crippen LogP contribution in [0.4, 0.5) is 0 Å². The first-order chi connectivity index (χ1) is 30.7. The molecule has 4 aliphatic rings. The number of Topliss-reactive ketones (excluding diaryl/α,β-unsaturated/α-hetero) is 3. The Morgan fingerprint density at radius 1 is 0.877 bits per heavy atom. The number of ether oxygens (including phenoxy) is 4. The smallest absolute Gasteiger partial charge is 0.329 e. The molecule has 1 saturated carbocycles. The lowest BCUT2D eigenvalue weighted by atomic mass is 9.78. The van der Waals surface area contributed by atoms with Crippen LogP contribution in [0.5, 0.6) is 0 Å². The summed E-state index contributed by atoms with van der Waals surface area (Å²) >= 11 is 0. The molecule has 1 aliphatic carbocycles. The Bertz CT molecular complexity index is 1750. The van der Waals surface area contributed by atoms with Crippen LogP contribution >= 0.6 is 0 Å². The van der Waals surface area contributed by atoms with Crippen LogP contribution in [0.1, 0.15) is 139 Å². The number of carbonyl (C=O) groups is 5. The Morgan fingerprint density at radius 3 is 2.28 bits per heavy atom. The summed E-state index contributed by atoms with van der Waals surface area (Å²) in [6, 6.07) is -1.13. The molecule has 3 fully saturated rings. The van der Waals surface area contributed by atoms with Crippen LogP contribution in [-0.2, 0) is 42.9 Å². The van der Waals surface area contributed by atoms with Crippen molar-refractivity contribution in [2.45, 2.75) is 187 Å². The molecule has 3 N–H and O–H groups in total. The number of esters is 1. The van der Waals surface area contributed by atoms with Crippen molar-refractivity contribution in [2.75, 3.05) is 20.8 Å². The van der Waals surface area contributed by atoms with Crippen molar-refractivity contribution in [3.8, 4) is 0 Å². The van der Waals surface area contributed by atoms with E-state index in [9.17, 15) is 39.3 Å². The number of rotatable bonds is 6. The monoisotopic (exact) mass is 912 g/mol. The number of hydrogen-bond donors (Lipinski definition) is 3. The lowest BCUT2D eigenvalue weighted by molar-refractivity contribution is -0.265. The zero-order chi connectivity index (χ0) is 48.2. The molecular weight excluding hydrogens is 831 g/mol. The highest BCUT2D eigenvalue weighted by Gasteiger charge is 2.53. The van der Waals surface area contributed by atoms with Crippen molar-refractivity contribution in [3.63, 3.8) is 0 Å². The number of piperidine rings is 1. The van der Waals surface area contributed by atoms with Gasteiger partial charge in [0.25, 0.3) is 11.7 Å². The molecule has 4 rings (SSSR count). The molecule has 1 amide bonds. The summed E-state index contributed by atoms with van der Waals surface area (Å²) in [6.07, 6.45) is 13.5. The highest BCUT2D eigenvalue weighted by Crippen LogP contribution is 2.38. The van der Waals surface area contributed by atoms with Crippen LogP contribution in [0.15, 0.2) is 47.6 Å². The Balaban J connectivity index is 1.70. The maximum absolute atomic E-state index is 14.4. The minimum atomic E-state index is -2.42. The number of aliphatic hydroxyl groups excluding tert-OH is 2. The second kappa shape index (κ2) is 25.2. The molecule has 13 nitrogen and oxygen atoms in total. The number of fused-ring (bicyclic) bond motifs is 3. The van der Waals surface area contributed by atoms with Gasteiger partial charge in [0.05, 0.1) is 30.5 Å². The largest absolute Gasteiger partial charge is 0.460 e. The van der Waals surface area contributed by atoms with E-state index >= 15 is 0 Å². The number of carbonyl (C=O) groups excluding carboxylic acids is 5. The van der Waals surface area contributed by atoms with Gasteiger partial charge in [0.1, 0.15) is 23.7 Å². The Hall–Kier alpha value is -3.33. The molecular formula is C52H81NO12. The molecule has 2 saturated heterocycles. The van der Waals surface area contributed by atoms with Crippen molar-refractivity contribution in [2.24, 2.45) is 41.4 Å². The zero-order valence-electron chi connectivity index (χ0n) is 40.9. The predicted molar refractivity (Wildman–Crippen MR) is 248 cm³/mol. The SMILES string of the molecule is CCC1C(=O)C(C)C[C@H](C)/C=C/C=C/C=C(\C)[C@@H](OC)C[C@@H]2CCC(C)C(O)(O2)C(=O)C(=O)N2CCCCC2C(=O)O[C@H]([C@H](C)CC2CC[C@@H](O)C(OC)C2)CC(=O)[C@H](C)/C=C(\C)[C@H]1O. The molecule has 0 spiro atoms. The van der Waals surface area contributed by atoms with Gasteiger partial charge in [-0.15, -0.1) is 0 Å². The highest BCUT2D eigenvalue weighted by molar-refractivity contribution is 6.39. The van der Waals surface area contributed by atoms with E-state index in [1.54, 1.807) is 41.1 Å². The van der Waals surface area contributed by atoms with E-state index in [-0.39, 0.29) is 60.7 Å². The summed E-state index contributed by atoms with van der Waals surface area (Å²) in [4.78, 5) is 72.0. The van der Waals surface area contributed by atoms with E-state index < -0.39 is 77.8 Å². The average molecular weight is 912 g/mol. The summed E-state index contributed by atoms with van der Waals surface area (Å²) in [5.41, 5.74) is 1.41. The first-order valence-corrected chi connectivity index (χ1v) is 24.4. The van der Waals surface area contributed by atoms with Crippen LogP contribution in [0.2, 0.25) is 0 Å². The first-order valence-electron chi connectivity index (χ1n) is 24.4. The van der Waals surface area contributed by atoms with Gasteiger partial charge in [0, 0.05) is 57.3 Å². The third-order valence-electron chi connectivity index (χ3n) is 14.8. The van der Waals surface area contributed by atoms with Gasteiger partial charge >= 0.3 is 5.97 Å². The van der Waals surface area contributed by atoms with E-state index in [0.717, 1.165) is 12.0 Å². The van der Waals surface area contributed by atoms with Gasteiger partial charge < -0.3 is 39.2 Å². The molecule has 0 aromatic rings. The molecule has 3 aliphatic heterocycles.